The molecule has 2 fully saturated rings. The van der Waals surface area contributed by atoms with Crippen molar-refractivity contribution in [1.82, 2.24) is 10.3 Å². The molecule has 184 valence electrons. The van der Waals surface area contributed by atoms with Gasteiger partial charge in [-0.15, -0.1) is 0 Å². The lowest BCUT2D eigenvalue weighted by molar-refractivity contribution is -0.0280. The van der Waals surface area contributed by atoms with E-state index in [4.69, 9.17) is 4.74 Å². The molecule has 1 saturated heterocycles. The Hall–Kier alpha value is -1.87. The van der Waals surface area contributed by atoms with Crippen molar-refractivity contribution in [2.75, 3.05) is 18.1 Å². The number of hydrogen-bond acceptors (Lipinski definition) is 4. The summed E-state index contributed by atoms with van der Waals surface area (Å²) in [6.45, 7) is 10.0. The number of pyridine rings is 1. The Labute approximate surface area is 216 Å². The largest absolute Gasteiger partial charge is 0.375 e. The summed E-state index contributed by atoms with van der Waals surface area (Å²) in [5.41, 5.74) is 5.09. The van der Waals surface area contributed by atoms with Crippen LogP contribution in [0.15, 0.2) is 23.0 Å². The second-order valence-corrected chi connectivity index (χ2v) is 11.1. The van der Waals surface area contributed by atoms with E-state index in [0.717, 1.165) is 64.9 Å². The number of carbonyl (C=O) groups is 1. The predicted octanol–water partition coefficient (Wildman–Crippen LogP) is 5.15. The number of carbonyl (C=O) groups excluding carboxylic acids is 1. The van der Waals surface area contributed by atoms with Gasteiger partial charge in [-0.1, -0.05) is 0 Å². The van der Waals surface area contributed by atoms with Crippen LogP contribution in [0.2, 0.25) is 0 Å². The first kappa shape index (κ1) is 25.2. The quantitative estimate of drug-likeness (QED) is 0.466. The van der Waals surface area contributed by atoms with E-state index in [-0.39, 0.29) is 23.6 Å². The van der Waals surface area contributed by atoms with Crippen LogP contribution in [0.1, 0.15) is 78.2 Å². The average Bonchev–Trinajstić information content (AvgIpc) is 3.24. The average molecular weight is 578 g/mol. The number of H-pyrrole nitrogens is 1. The van der Waals surface area contributed by atoms with Crippen LogP contribution in [0.3, 0.4) is 0 Å². The molecule has 0 atom stereocenters. The molecule has 1 aliphatic heterocycles. The van der Waals surface area contributed by atoms with Crippen LogP contribution in [0.5, 0.6) is 0 Å². The molecule has 7 heteroatoms. The van der Waals surface area contributed by atoms with Gasteiger partial charge in [-0.25, -0.2) is 0 Å². The molecule has 1 amide bonds. The number of aromatic nitrogens is 1. The Morgan fingerprint density at radius 2 is 1.94 bits per heavy atom. The molecule has 0 radical (unpaired) electrons. The van der Waals surface area contributed by atoms with Gasteiger partial charge in [0.25, 0.3) is 11.5 Å². The maximum Gasteiger partial charge on any atom is 0.253 e. The van der Waals surface area contributed by atoms with E-state index in [9.17, 15) is 9.59 Å². The van der Waals surface area contributed by atoms with E-state index in [1.165, 1.54) is 12.8 Å². The zero-order valence-corrected chi connectivity index (χ0v) is 22.9. The highest BCUT2D eigenvalue weighted by atomic mass is 127. The number of aromatic amines is 1. The van der Waals surface area contributed by atoms with Gasteiger partial charge in [0.2, 0.25) is 0 Å². The molecule has 2 N–H and O–H groups in total. The smallest absolute Gasteiger partial charge is 0.253 e. The van der Waals surface area contributed by atoms with Gasteiger partial charge in [-0.2, -0.15) is 0 Å². The van der Waals surface area contributed by atoms with Crippen LogP contribution < -0.4 is 15.8 Å². The monoisotopic (exact) mass is 577 g/mol. The summed E-state index contributed by atoms with van der Waals surface area (Å²) in [6, 6.07) is 6.53. The van der Waals surface area contributed by atoms with E-state index in [1.807, 2.05) is 32.9 Å². The summed E-state index contributed by atoms with van der Waals surface area (Å²) >= 11 is 2.30. The fraction of sp³-hybridized carbons (Fsp3) is 0.556. The fourth-order valence-corrected chi connectivity index (χ4v) is 6.39. The van der Waals surface area contributed by atoms with E-state index in [1.54, 1.807) is 0 Å². The summed E-state index contributed by atoms with van der Waals surface area (Å²) < 4.78 is 7.17. The minimum absolute atomic E-state index is 0.118. The van der Waals surface area contributed by atoms with Crippen molar-refractivity contribution in [2.45, 2.75) is 84.4 Å². The van der Waals surface area contributed by atoms with Crippen molar-refractivity contribution in [2.24, 2.45) is 0 Å². The van der Waals surface area contributed by atoms with E-state index < -0.39 is 0 Å². The number of aryl methyl sites for hydroxylation is 2. The Morgan fingerprint density at radius 1 is 1.21 bits per heavy atom. The topological polar surface area (TPSA) is 74.4 Å². The van der Waals surface area contributed by atoms with Gasteiger partial charge in [-0.3, -0.25) is 9.59 Å². The molecule has 0 unspecified atom stereocenters. The molecule has 1 aromatic heterocycles. The number of halogens is 1. The third-order valence-corrected chi connectivity index (χ3v) is 8.27. The minimum atomic E-state index is -0.144. The van der Waals surface area contributed by atoms with Crippen molar-refractivity contribution >= 4 is 34.2 Å². The first-order chi connectivity index (χ1) is 16.2. The van der Waals surface area contributed by atoms with Crippen LogP contribution in [0.25, 0.3) is 0 Å². The lowest BCUT2D eigenvalue weighted by Gasteiger charge is -2.42. The number of nitrogens with zero attached hydrogens (tertiary/aromatic N) is 1. The Kier molecular flexibility index (Phi) is 7.72. The zero-order chi connectivity index (χ0) is 24.5. The number of anilines is 1. The lowest BCUT2D eigenvalue weighted by Crippen LogP contribution is -2.44. The van der Waals surface area contributed by atoms with E-state index in [2.05, 4.69) is 50.8 Å². The third-order valence-electron chi connectivity index (χ3n) is 7.65. The molecule has 2 heterocycles. The second-order valence-electron chi connectivity index (χ2n) is 9.88. The van der Waals surface area contributed by atoms with Gasteiger partial charge in [0.05, 0.1) is 5.60 Å². The summed E-state index contributed by atoms with van der Waals surface area (Å²) in [7, 11) is 0. The molecular weight excluding hydrogens is 541 g/mol. The van der Waals surface area contributed by atoms with Gasteiger partial charge in [0, 0.05) is 51.8 Å². The van der Waals surface area contributed by atoms with Crippen molar-refractivity contribution in [3.63, 3.8) is 0 Å². The number of rotatable bonds is 6. The van der Waals surface area contributed by atoms with Gasteiger partial charge < -0.3 is 19.9 Å². The van der Waals surface area contributed by atoms with Crippen molar-refractivity contribution in [1.29, 1.82) is 0 Å². The van der Waals surface area contributed by atoms with Crippen LogP contribution >= 0.6 is 22.6 Å². The summed E-state index contributed by atoms with van der Waals surface area (Å²) in [6.07, 6.45) is 6.86. The Balaban J connectivity index is 1.53. The molecule has 6 nitrogen and oxygen atoms in total. The van der Waals surface area contributed by atoms with E-state index in [0.29, 0.717) is 17.2 Å². The highest BCUT2D eigenvalue weighted by molar-refractivity contribution is 14.1. The minimum Gasteiger partial charge on any atom is -0.375 e. The standard InChI is InChI=1S/C27H36IN3O3/c1-5-31(21-7-10-27(11-8-21)9-6-12-34-27)24-15-20(28)14-22(19(24)4)25(32)29-16-23-17(2)13-18(3)30-26(23)33/h13-15,21H,5-12,16H2,1-4H3,(H,29,32)(H,30,33). The summed E-state index contributed by atoms with van der Waals surface area (Å²) in [5, 5.41) is 2.98. The number of amides is 1. The number of nitrogens with one attached hydrogen (secondary N) is 2. The van der Waals surface area contributed by atoms with E-state index >= 15 is 0 Å². The lowest BCUT2D eigenvalue weighted by atomic mass is 9.79. The van der Waals surface area contributed by atoms with Crippen LogP contribution in [-0.2, 0) is 11.3 Å². The molecule has 2 aliphatic rings. The number of hydrogen-bond donors (Lipinski definition) is 2. The summed E-state index contributed by atoms with van der Waals surface area (Å²) in [5.74, 6) is -0.144. The molecule has 34 heavy (non-hydrogen) atoms. The Bertz CT molecular complexity index is 1110. The van der Waals surface area contributed by atoms with Crippen molar-refractivity contribution in [3.05, 3.63) is 60.1 Å². The zero-order valence-electron chi connectivity index (χ0n) is 20.7. The van der Waals surface area contributed by atoms with Gasteiger partial charge >= 0.3 is 0 Å². The van der Waals surface area contributed by atoms with Crippen molar-refractivity contribution < 1.29 is 9.53 Å². The molecule has 1 spiro atoms. The maximum absolute atomic E-state index is 13.2. The normalized spacial score (nSPS) is 22.2. The van der Waals surface area contributed by atoms with Crippen molar-refractivity contribution in [3.8, 4) is 0 Å². The molecule has 1 saturated carbocycles. The third kappa shape index (κ3) is 5.20. The van der Waals surface area contributed by atoms with Crippen LogP contribution in [0, 0.1) is 24.3 Å². The molecular formula is C27H36IN3O3. The SMILES string of the molecule is CCN(c1cc(I)cc(C(=O)NCc2c(C)cc(C)[nH]c2=O)c1C)C1CCC2(CCCO2)CC1. The Morgan fingerprint density at radius 3 is 2.56 bits per heavy atom. The highest BCUT2D eigenvalue weighted by Gasteiger charge is 2.40. The van der Waals surface area contributed by atoms with Crippen LogP contribution in [-0.4, -0.2) is 35.7 Å². The maximum atomic E-state index is 13.2. The van der Waals surface area contributed by atoms with Crippen LogP contribution in [0.4, 0.5) is 5.69 Å². The molecule has 1 aromatic carbocycles. The predicted molar refractivity (Wildman–Crippen MR) is 145 cm³/mol. The first-order valence-corrected chi connectivity index (χ1v) is 13.5. The fourth-order valence-electron chi connectivity index (χ4n) is 5.78. The highest BCUT2D eigenvalue weighted by Crippen LogP contribution is 2.42. The summed E-state index contributed by atoms with van der Waals surface area (Å²) in [4.78, 5) is 30.9. The first-order valence-electron chi connectivity index (χ1n) is 12.4. The number of ether oxygens (including phenoxy) is 1. The molecule has 0 bridgehead atoms. The van der Waals surface area contributed by atoms with Gasteiger partial charge in [0.1, 0.15) is 0 Å². The van der Waals surface area contributed by atoms with Gasteiger partial charge in [0.15, 0.2) is 0 Å². The molecule has 2 aromatic rings. The molecule has 1 aliphatic carbocycles. The molecule has 4 rings (SSSR count). The second kappa shape index (κ2) is 10.4. The number of benzene rings is 1. The van der Waals surface area contributed by atoms with Gasteiger partial charge in [-0.05, 0) is 118 Å².